The van der Waals surface area contributed by atoms with Gasteiger partial charge in [-0.25, -0.2) is 4.79 Å². The molecule has 0 unspecified atom stereocenters. The van der Waals surface area contributed by atoms with Crippen molar-refractivity contribution in [1.82, 2.24) is 21.3 Å². The first-order chi connectivity index (χ1) is 20.0. The molecule has 4 amide bonds. The highest BCUT2D eigenvalue weighted by molar-refractivity contribution is 7.80. The molecule has 42 heavy (non-hydrogen) atoms. The van der Waals surface area contributed by atoms with E-state index in [2.05, 4.69) is 33.9 Å². The van der Waals surface area contributed by atoms with Gasteiger partial charge in [0.05, 0.1) is 6.61 Å². The van der Waals surface area contributed by atoms with E-state index in [9.17, 15) is 24.0 Å². The molecule has 0 saturated carbocycles. The number of carbonyl (C=O) groups is 5. The second-order valence-electron chi connectivity index (χ2n) is 9.84. The van der Waals surface area contributed by atoms with Crippen LogP contribution < -0.4 is 21.3 Å². The zero-order valence-electron chi connectivity index (χ0n) is 23.4. The molecule has 0 aliphatic rings. The van der Waals surface area contributed by atoms with Gasteiger partial charge in [0.25, 0.3) is 0 Å². The van der Waals surface area contributed by atoms with E-state index in [0.29, 0.717) is 11.4 Å². The fourth-order valence-corrected chi connectivity index (χ4v) is 4.92. The first-order valence-corrected chi connectivity index (χ1v) is 15.3. The summed E-state index contributed by atoms with van der Waals surface area (Å²) < 4.78 is 5.07. The van der Waals surface area contributed by atoms with Crippen molar-refractivity contribution in [3.63, 3.8) is 0 Å². The van der Waals surface area contributed by atoms with Gasteiger partial charge in [0.2, 0.25) is 17.7 Å². The molecule has 0 saturated heterocycles. The summed E-state index contributed by atoms with van der Waals surface area (Å²) in [7, 11) is 0. The Morgan fingerprint density at radius 1 is 0.952 bits per heavy atom. The number of carboxylic acid groups (broad SMARTS) is 1. The molecule has 1 aromatic carbocycles. The van der Waals surface area contributed by atoms with E-state index in [1.165, 1.54) is 11.3 Å². The summed E-state index contributed by atoms with van der Waals surface area (Å²) in [5.41, 5.74) is 0.865. The predicted molar refractivity (Wildman–Crippen MR) is 164 cm³/mol. The maximum absolute atomic E-state index is 13.3. The lowest BCUT2D eigenvalue weighted by molar-refractivity contribution is -0.137. The number of hydrogen-bond acceptors (Lipinski definition) is 8. The number of thiophene rings is 1. The highest BCUT2D eigenvalue weighted by Crippen LogP contribution is 2.15. The third kappa shape index (κ3) is 12.7. The second-order valence-corrected chi connectivity index (χ2v) is 11.6. The number of halogens is 1. The number of hydrogen-bond donors (Lipinski definition) is 6. The average Bonchev–Trinajstić information content (AvgIpc) is 3.46. The Labute approximate surface area is 259 Å². The van der Waals surface area contributed by atoms with Gasteiger partial charge in [-0.3, -0.25) is 19.2 Å². The molecule has 2 rings (SSSR count). The number of nitrogens with one attached hydrogen (secondary N) is 4. The molecule has 2 aromatic rings. The number of rotatable bonds is 17. The maximum Gasteiger partial charge on any atom is 0.407 e. The number of carbonyl (C=O) groups excluding carboxylic acids is 4. The lowest BCUT2D eigenvalue weighted by Crippen LogP contribution is -2.57. The van der Waals surface area contributed by atoms with Crippen molar-refractivity contribution in [2.45, 2.75) is 57.7 Å². The van der Waals surface area contributed by atoms with E-state index in [1.807, 2.05) is 37.4 Å². The SMILES string of the molecule is CC(C)COC(=O)N[C@@H](CCC(=O)O)C(=O)N[C@@H](Cc1cccs1)C(=O)N[C@@H](CS)C(=O)NCCc1ccccc1Cl. The zero-order valence-corrected chi connectivity index (χ0v) is 25.9. The fraction of sp³-hybridized carbons (Fsp3) is 0.464. The van der Waals surface area contributed by atoms with Crippen molar-refractivity contribution in [2.75, 3.05) is 18.9 Å². The normalized spacial score (nSPS) is 13.0. The summed E-state index contributed by atoms with van der Waals surface area (Å²) in [4.78, 5) is 63.6. The summed E-state index contributed by atoms with van der Waals surface area (Å²) in [5, 5.41) is 21.9. The summed E-state index contributed by atoms with van der Waals surface area (Å²) in [6, 6.07) is 7.45. The molecular weight excluding hydrogens is 604 g/mol. The van der Waals surface area contributed by atoms with Crippen LogP contribution in [-0.4, -0.2) is 71.9 Å². The molecule has 3 atom stereocenters. The number of carboxylic acids is 1. The Kier molecular flexibility index (Phi) is 15.2. The molecule has 1 aromatic heterocycles. The quantitative estimate of drug-likeness (QED) is 0.145. The highest BCUT2D eigenvalue weighted by Gasteiger charge is 2.30. The van der Waals surface area contributed by atoms with Crippen molar-refractivity contribution in [3.05, 3.63) is 57.2 Å². The third-order valence-electron chi connectivity index (χ3n) is 5.89. The second kappa shape index (κ2) is 18.3. The Hall–Kier alpha value is -3.29. The monoisotopic (exact) mass is 640 g/mol. The van der Waals surface area contributed by atoms with Gasteiger partial charge in [-0.1, -0.05) is 49.7 Å². The number of ether oxygens (including phenoxy) is 1. The molecule has 0 spiro atoms. The summed E-state index contributed by atoms with van der Waals surface area (Å²) >= 11 is 11.8. The van der Waals surface area contributed by atoms with E-state index in [-0.39, 0.29) is 37.7 Å². The van der Waals surface area contributed by atoms with Crippen LogP contribution in [0.1, 0.15) is 37.1 Å². The molecule has 1 heterocycles. The van der Waals surface area contributed by atoms with Gasteiger partial charge in [-0.2, -0.15) is 12.6 Å². The van der Waals surface area contributed by atoms with E-state index < -0.39 is 54.3 Å². The smallest absolute Gasteiger partial charge is 0.407 e. The van der Waals surface area contributed by atoms with Crippen LogP contribution in [0, 0.1) is 5.92 Å². The molecule has 230 valence electrons. The fourth-order valence-electron chi connectivity index (χ4n) is 3.69. The van der Waals surface area contributed by atoms with Crippen molar-refractivity contribution >= 4 is 65.4 Å². The first kappa shape index (κ1) is 34.9. The molecule has 0 bridgehead atoms. The van der Waals surface area contributed by atoms with Gasteiger partial charge in [-0.15, -0.1) is 11.3 Å². The molecule has 0 radical (unpaired) electrons. The highest BCUT2D eigenvalue weighted by atomic mass is 35.5. The minimum atomic E-state index is -1.27. The van der Waals surface area contributed by atoms with Crippen LogP contribution >= 0.6 is 35.6 Å². The largest absolute Gasteiger partial charge is 0.481 e. The minimum Gasteiger partial charge on any atom is -0.481 e. The number of amides is 4. The molecule has 0 fully saturated rings. The van der Waals surface area contributed by atoms with Crippen LogP contribution in [-0.2, 0) is 36.8 Å². The van der Waals surface area contributed by atoms with Crippen molar-refractivity contribution in [2.24, 2.45) is 5.92 Å². The Balaban J connectivity index is 2.09. The summed E-state index contributed by atoms with van der Waals surface area (Å²) in [5.74, 6) is -2.98. The zero-order chi connectivity index (χ0) is 31.1. The van der Waals surface area contributed by atoms with E-state index in [4.69, 9.17) is 21.4 Å². The van der Waals surface area contributed by atoms with Gasteiger partial charge in [0.15, 0.2) is 0 Å². The Morgan fingerprint density at radius 3 is 2.26 bits per heavy atom. The summed E-state index contributed by atoms with van der Waals surface area (Å²) in [6.07, 6.45) is -0.914. The summed E-state index contributed by atoms with van der Waals surface area (Å²) in [6.45, 7) is 4.07. The lowest BCUT2D eigenvalue weighted by atomic mass is 10.1. The topological polar surface area (TPSA) is 163 Å². The van der Waals surface area contributed by atoms with Crippen LogP contribution in [0.2, 0.25) is 5.02 Å². The van der Waals surface area contributed by atoms with Crippen molar-refractivity contribution in [1.29, 1.82) is 0 Å². The van der Waals surface area contributed by atoms with E-state index in [1.54, 1.807) is 18.2 Å². The van der Waals surface area contributed by atoms with Crippen molar-refractivity contribution < 1.29 is 33.8 Å². The molecule has 5 N–H and O–H groups in total. The number of aliphatic carboxylic acids is 1. The van der Waals surface area contributed by atoms with Gasteiger partial charge >= 0.3 is 12.1 Å². The van der Waals surface area contributed by atoms with Crippen LogP contribution in [0.25, 0.3) is 0 Å². The third-order valence-corrected chi connectivity index (χ3v) is 7.52. The van der Waals surface area contributed by atoms with Gasteiger partial charge in [0, 0.05) is 35.0 Å². The number of benzene rings is 1. The van der Waals surface area contributed by atoms with E-state index in [0.717, 1.165) is 10.4 Å². The van der Waals surface area contributed by atoms with Crippen LogP contribution in [0.15, 0.2) is 41.8 Å². The molecule has 0 aliphatic carbocycles. The standard InChI is InChI=1S/C28H37ClN4O7S2/c1-17(2)15-40-28(39)33-21(9-10-24(34)35)26(37)31-22(14-19-7-5-13-42-19)27(38)32-23(16-41)25(36)30-12-11-18-6-3-4-8-20(18)29/h3-8,13,17,21-23,41H,9-12,14-16H2,1-2H3,(H,30,36)(H,31,37)(H,32,38)(H,33,39)(H,34,35)/t21-,22-,23-/m0/s1. The van der Waals surface area contributed by atoms with Gasteiger partial charge in [0.1, 0.15) is 18.1 Å². The molecule has 0 aliphatic heterocycles. The predicted octanol–water partition coefficient (Wildman–Crippen LogP) is 2.82. The maximum atomic E-state index is 13.3. The van der Waals surface area contributed by atoms with Crippen LogP contribution in [0.3, 0.4) is 0 Å². The minimum absolute atomic E-state index is 0.00613. The van der Waals surface area contributed by atoms with Crippen LogP contribution in [0.5, 0.6) is 0 Å². The molecule has 11 nitrogen and oxygen atoms in total. The number of thiol groups is 1. The Bertz CT molecular complexity index is 1200. The lowest BCUT2D eigenvalue weighted by Gasteiger charge is -2.24. The van der Waals surface area contributed by atoms with Gasteiger partial charge in [-0.05, 0) is 41.8 Å². The Morgan fingerprint density at radius 2 is 1.64 bits per heavy atom. The van der Waals surface area contributed by atoms with E-state index >= 15 is 0 Å². The molecule has 14 heteroatoms. The number of alkyl carbamates (subject to hydrolysis) is 1. The van der Waals surface area contributed by atoms with Crippen LogP contribution in [0.4, 0.5) is 4.79 Å². The first-order valence-electron chi connectivity index (χ1n) is 13.4. The van der Waals surface area contributed by atoms with Gasteiger partial charge < -0.3 is 31.1 Å². The molecular formula is C28H37ClN4O7S2. The van der Waals surface area contributed by atoms with Crippen molar-refractivity contribution in [3.8, 4) is 0 Å². The average molecular weight is 641 g/mol.